The smallest absolute Gasteiger partial charge is 0.292 e. The lowest BCUT2D eigenvalue weighted by Gasteiger charge is -2.03. The van der Waals surface area contributed by atoms with Crippen molar-refractivity contribution in [2.45, 2.75) is 11.9 Å². The number of anilines is 2. The number of furan rings is 1. The van der Waals surface area contributed by atoms with Crippen molar-refractivity contribution >= 4 is 35.2 Å². The molecule has 0 spiro atoms. The van der Waals surface area contributed by atoms with Gasteiger partial charge < -0.3 is 19.6 Å². The van der Waals surface area contributed by atoms with E-state index < -0.39 is 5.91 Å². The van der Waals surface area contributed by atoms with Gasteiger partial charge >= 0.3 is 0 Å². The standard InChI is InChI=1S/C15H13N5O4S/c1-9-7-12(20-24-9)16-13(21)8-25-14-5-4-11(18-19-14)17-15(22)10-3-2-6-23-10/h2-7H,8H2,1H3,(H,16,20,21)(H,17,18,22). The molecule has 9 nitrogen and oxygen atoms in total. The number of aromatic nitrogens is 3. The van der Waals surface area contributed by atoms with Gasteiger partial charge in [-0.05, 0) is 31.2 Å². The van der Waals surface area contributed by atoms with Gasteiger partial charge in [0.2, 0.25) is 5.91 Å². The molecule has 25 heavy (non-hydrogen) atoms. The van der Waals surface area contributed by atoms with Gasteiger partial charge in [-0.2, -0.15) is 0 Å². The van der Waals surface area contributed by atoms with Crippen LogP contribution in [0.15, 0.2) is 50.6 Å². The van der Waals surface area contributed by atoms with Crippen LogP contribution < -0.4 is 10.6 Å². The molecule has 2 N–H and O–H groups in total. The zero-order valence-corrected chi connectivity index (χ0v) is 13.9. The number of rotatable bonds is 6. The van der Waals surface area contributed by atoms with Gasteiger partial charge in [0.15, 0.2) is 17.4 Å². The first-order chi connectivity index (χ1) is 12.1. The van der Waals surface area contributed by atoms with Gasteiger partial charge in [0.1, 0.15) is 10.8 Å². The van der Waals surface area contributed by atoms with E-state index in [-0.39, 0.29) is 23.2 Å². The van der Waals surface area contributed by atoms with Crippen LogP contribution in [0.25, 0.3) is 0 Å². The van der Waals surface area contributed by atoms with Crippen molar-refractivity contribution in [2.75, 3.05) is 16.4 Å². The molecule has 0 aliphatic heterocycles. The summed E-state index contributed by atoms with van der Waals surface area (Å²) in [7, 11) is 0. The van der Waals surface area contributed by atoms with E-state index in [2.05, 4.69) is 26.0 Å². The third kappa shape index (κ3) is 4.67. The molecule has 0 atom stereocenters. The maximum absolute atomic E-state index is 11.8. The van der Waals surface area contributed by atoms with Crippen LogP contribution in [0.1, 0.15) is 16.3 Å². The third-order valence-electron chi connectivity index (χ3n) is 2.87. The quantitative estimate of drug-likeness (QED) is 0.643. The fourth-order valence-electron chi connectivity index (χ4n) is 1.79. The summed E-state index contributed by atoms with van der Waals surface area (Å²) < 4.78 is 9.85. The number of aryl methyl sites for hydroxylation is 1. The molecule has 0 unspecified atom stereocenters. The second kappa shape index (κ2) is 7.62. The van der Waals surface area contributed by atoms with Gasteiger partial charge in [0, 0.05) is 6.07 Å². The molecular formula is C15H13N5O4S. The number of amides is 2. The largest absolute Gasteiger partial charge is 0.459 e. The van der Waals surface area contributed by atoms with Crippen LogP contribution in [-0.2, 0) is 4.79 Å². The Labute approximate surface area is 146 Å². The minimum Gasteiger partial charge on any atom is -0.459 e. The molecule has 3 aromatic rings. The molecule has 3 rings (SSSR count). The number of nitrogens with one attached hydrogen (secondary N) is 2. The molecule has 0 aliphatic rings. The number of hydrogen-bond acceptors (Lipinski definition) is 8. The molecule has 3 aromatic heterocycles. The average molecular weight is 359 g/mol. The van der Waals surface area contributed by atoms with Crippen molar-refractivity contribution in [3.8, 4) is 0 Å². The summed E-state index contributed by atoms with van der Waals surface area (Å²) in [5, 5.41) is 17.2. The number of nitrogens with zero attached hydrogens (tertiary/aromatic N) is 3. The van der Waals surface area contributed by atoms with E-state index in [0.717, 1.165) is 0 Å². The summed E-state index contributed by atoms with van der Waals surface area (Å²) >= 11 is 1.20. The molecule has 0 aromatic carbocycles. The minimum atomic E-state index is -0.415. The van der Waals surface area contributed by atoms with Crippen LogP contribution in [0.3, 0.4) is 0 Å². The van der Waals surface area contributed by atoms with Gasteiger partial charge in [-0.1, -0.05) is 16.9 Å². The van der Waals surface area contributed by atoms with E-state index in [0.29, 0.717) is 16.6 Å². The van der Waals surface area contributed by atoms with Crippen LogP contribution >= 0.6 is 11.8 Å². The van der Waals surface area contributed by atoms with Crippen molar-refractivity contribution in [2.24, 2.45) is 0 Å². The first kappa shape index (κ1) is 16.7. The monoisotopic (exact) mass is 359 g/mol. The predicted octanol–water partition coefficient (Wildman–Crippen LogP) is 2.35. The van der Waals surface area contributed by atoms with E-state index >= 15 is 0 Å². The Bertz CT molecular complexity index is 860. The molecule has 0 bridgehead atoms. The van der Waals surface area contributed by atoms with Crippen LogP contribution in [0.5, 0.6) is 0 Å². The van der Waals surface area contributed by atoms with Crippen molar-refractivity contribution in [3.05, 3.63) is 48.1 Å². The SMILES string of the molecule is Cc1cc(NC(=O)CSc2ccc(NC(=O)c3ccco3)nn2)no1. The molecule has 0 radical (unpaired) electrons. The molecule has 128 valence electrons. The van der Waals surface area contributed by atoms with E-state index in [1.165, 1.54) is 18.0 Å². The summed E-state index contributed by atoms with van der Waals surface area (Å²) in [6.07, 6.45) is 1.41. The van der Waals surface area contributed by atoms with Gasteiger partial charge in [-0.15, -0.1) is 10.2 Å². The van der Waals surface area contributed by atoms with Crippen molar-refractivity contribution < 1.29 is 18.5 Å². The molecule has 2 amide bonds. The normalized spacial score (nSPS) is 10.4. The van der Waals surface area contributed by atoms with Gasteiger partial charge in [-0.25, -0.2) is 0 Å². The molecule has 0 saturated carbocycles. The highest BCUT2D eigenvalue weighted by atomic mass is 32.2. The Morgan fingerprint density at radius 1 is 1.16 bits per heavy atom. The second-order valence-electron chi connectivity index (χ2n) is 4.85. The topological polar surface area (TPSA) is 123 Å². The van der Waals surface area contributed by atoms with Crippen LogP contribution in [0, 0.1) is 6.92 Å². The fourth-order valence-corrected chi connectivity index (χ4v) is 2.41. The second-order valence-corrected chi connectivity index (χ2v) is 5.84. The maximum Gasteiger partial charge on any atom is 0.292 e. The highest BCUT2D eigenvalue weighted by molar-refractivity contribution is 7.99. The zero-order valence-electron chi connectivity index (χ0n) is 13.1. The first-order valence-corrected chi connectivity index (χ1v) is 8.13. The van der Waals surface area contributed by atoms with E-state index in [9.17, 15) is 9.59 Å². The number of hydrogen-bond donors (Lipinski definition) is 2. The molecule has 0 aliphatic carbocycles. The Morgan fingerprint density at radius 2 is 2.04 bits per heavy atom. The Morgan fingerprint density at radius 3 is 2.68 bits per heavy atom. The molecule has 10 heteroatoms. The molecule has 3 heterocycles. The summed E-state index contributed by atoms with van der Waals surface area (Å²) in [5.74, 6) is 0.926. The summed E-state index contributed by atoms with van der Waals surface area (Å²) in [6.45, 7) is 1.74. The van der Waals surface area contributed by atoms with Crippen molar-refractivity contribution in [1.82, 2.24) is 15.4 Å². The van der Waals surface area contributed by atoms with Gasteiger partial charge in [0.25, 0.3) is 5.91 Å². The van der Waals surface area contributed by atoms with Crippen molar-refractivity contribution in [3.63, 3.8) is 0 Å². The van der Waals surface area contributed by atoms with Gasteiger partial charge in [0.05, 0.1) is 12.0 Å². The fraction of sp³-hybridized carbons (Fsp3) is 0.133. The average Bonchev–Trinajstić information content (AvgIpc) is 3.26. The Balaban J connectivity index is 1.49. The Kier molecular flexibility index (Phi) is 5.09. The first-order valence-electron chi connectivity index (χ1n) is 7.15. The number of thioether (sulfide) groups is 1. The lowest BCUT2D eigenvalue weighted by atomic mass is 10.4. The third-order valence-corrected chi connectivity index (χ3v) is 3.79. The molecule has 0 fully saturated rings. The lowest BCUT2D eigenvalue weighted by molar-refractivity contribution is -0.113. The molecule has 0 saturated heterocycles. The predicted molar refractivity (Wildman–Crippen MR) is 89.3 cm³/mol. The summed E-state index contributed by atoms with van der Waals surface area (Å²) in [5.41, 5.74) is 0. The summed E-state index contributed by atoms with van der Waals surface area (Å²) in [4.78, 5) is 23.6. The highest BCUT2D eigenvalue weighted by Crippen LogP contribution is 2.16. The maximum atomic E-state index is 11.8. The van der Waals surface area contributed by atoms with Crippen molar-refractivity contribution in [1.29, 1.82) is 0 Å². The van der Waals surface area contributed by atoms with Crippen LogP contribution in [0.4, 0.5) is 11.6 Å². The Hall–Kier alpha value is -3.14. The lowest BCUT2D eigenvalue weighted by Crippen LogP contribution is -2.14. The summed E-state index contributed by atoms with van der Waals surface area (Å²) in [6, 6.07) is 8.03. The van der Waals surface area contributed by atoms with Crippen LogP contribution in [0.2, 0.25) is 0 Å². The number of carbonyl (C=O) groups is 2. The highest BCUT2D eigenvalue weighted by Gasteiger charge is 2.11. The van der Waals surface area contributed by atoms with E-state index in [1.807, 2.05) is 0 Å². The van der Waals surface area contributed by atoms with Crippen LogP contribution in [-0.4, -0.2) is 32.9 Å². The number of carbonyl (C=O) groups excluding carboxylic acids is 2. The minimum absolute atomic E-state index is 0.138. The molecular weight excluding hydrogens is 346 g/mol. The van der Waals surface area contributed by atoms with E-state index in [4.69, 9.17) is 8.94 Å². The zero-order chi connectivity index (χ0) is 17.6. The van der Waals surface area contributed by atoms with E-state index in [1.54, 1.807) is 37.3 Å². The van der Waals surface area contributed by atoms with Gasteiger partial charge in [-0.3, -0.25) is 9.59 Å².